The minimum absolute atomic E-state index is 0.151. The summed E-state index contributed by atoms with van der Waals surface area (Å²) in [5.74, 6) is 1.43. The van der Waals surface area contributed by atoms with Gasteiger partial charge >= 0.3 is 0 Å². The topological polar surface area (TPSA) is 35.2 Å². The van der Waals surface area contributed by atoms with Crippen LogP contribution >= 0.6 is 0 Å². The van der Waals surface area contributed by atoms with E-state index in [2.05, 4.69) is 26.0 Å². The first-order valence-corrected chi connectivity index (χ1v) is 5.39. The fourth-order valence-corrected chi connectivity index (χ4v) is 1.81. The van der Waals surface area contributed by atoms with E-state index in [0.717, 1.165) is 11.3 Å². The van der Waals surface area contributed by atoms with Gasteiger partial charge in [-0.3, -0.25) is 0 Å². The van der Waals surface area contributed by atoms with Crippen LogP contribution in [0.4, 0.5) is 0 Å². The van der Waals surface area contributed by atoms with E-state index in [1.807, 2.05) is 18.2 Å². The van der Waals surface area contributed by atoms with E-state index in [-0.39, 0.29) is 6.10 Å². The Morgan fingerprint density at radius 3 is 2.73 bits per heavy atom. The number of benzene rings is 1. The van der Waals surface area contributed by atoms with Crippen molar-refractivity contribution in [2.24, 2.45) is 11.7 Å². The van der Waals surface area contributed by atoms with Crippen LogP contribution in [0, 0.1) is 5.92 Å². The van der Waals surface area contributed by atoms with Crippen LogP contribution in [-0.2, 0) is 0 Å². The lowest BCUT2D eigenvalue weighted by Gasteiger charge is -2.27. The molecular weight excluding hydrogens is 186 g/mol. The van der Waals surface area contributed by atoms with E-state index in [1.54, 1.807) is 0 Å². The van der Waals surface area contributed by atoms with E-state index in [0.29, 0.717) is 12.5 Å². The van der Waals surface area contributed by atoms with Gasteiger partial charge in [0.25, 0.3) is 0 Å². The average molecular weight is 203 g/mol. The van der Waals surface area contributed by atoms with Gasteiger partial charge in [-0.15, -0.1) is 0 Å². The summed E-state index contributed by atoms with van der Waals surface area (Å²) >= 11 is 0. The highest BCUT2D eigenvalue weighted by Crippen LogP contribution is 2.32. The van der Waals surface area contributed by atoms with Crippen molar-refractivity contribution < 1.29 is 4.74 Å². The van der Waals surface area contributed by atoms with Gasteiger partial charge in [0.15, 0.2) is 0 Å². The molecule has 2 N–H and O–H groups in total. The maximum atomic E-state index is 5.89. The third-order valence-electron chi connectivity index (χ3n) is 2.74. The molecule has 1 aromatic carbocycles. The van der Waals surface area contributed by atoms with Crippen LogP contribution in [0.25, 0.3) is 5.57 Å². The highest BCUT2D eigenvalue weighted by Gasteiger charge is 2.21. The molecule has 1 unspecified atom stereocenters. The average Bonchev–Trinajstić information content (AvgIpc) is 2.27. The Hall–Kier alpha value is -1.28. The zero-order valence-corrected chi connectivity index (χ0v) is 9.23. The Morgan fingerprint density at radius 2 is 2.07 bits per heavy atom. The number of fused-ring (bicyclic) bond motifs is 1. The van der Waals surface area contributed by atoms with Gasteiger partial charge < -0.3 is 10.5 Å². The predicted molar refractivity (Wildman–Crippen MR) is 62.7 cm³/mol. The first-order valence-electron chi connectivity index (χ1n) is 5.39. The highest BCUT2D eigenvalue weighted by atomic mass is 16.5. The van der Waals surface area contributed by atoms with Crippen molar-refractivity contribution in [2.75, 3.05) is 6.54 Å². The monoisotopic (exact) mass is 203 g/mol. The van der Waals surface area contributed by atoms with Gasteiger partial charge in [0.1, 0.15) is 11.9 Å². The van der Waals surface area contributed by atoms with Gasteiger partial charge in [0.05, 0.1) is 0 Å². The third-order valence-corrected chi connectivity index (χ3v) is 2.74. The second-order valence-electron chi connectivity index (χ2n) is 4.22. The van der Waals surface area contributed by atoms with Crippen molar-refractivity contribution in [1.82, 2.24) is 0 Å². The minimum atomic E-state index is 0.151. The molecule has 1 aromatic rings. The first-order chi connectivity index (χ1) is 7.22. The van der Waals surface area contributed by atoms with E-state index in [4.69, 9.17) is 10.5 Å². The van der Waals surface area contributed by atoms with E-state index in [9.17, 15) is 0 Å². The number of nitrogens with two attached hydrogens (primary N) is 1. The van der Waals surface area contributed by atoms with Crippen LogP contribution in [0.1, 0.15) is 19.4 Å². The van der Waals surface area contributed by atoms with Crippen molar-refractivity contribution in [3.8, 4) is 5.75 Å². The van der Waals surface area contributed by atoms with Gasteiger partial charge in [-0.25, -0.2) is 0 Å². The molecule has 2 nitrogen and oxygen atoms in total. The Balaban J connectivity index is 2.41. The summed E-state index contributed by atoms with van der Waals surface area (Å²) in [5.41, 5.74) is 8.08. The van der Waals surface area contributed by atoms with Gasteiger partial charge in [-0.05, 0) is 23.6 Å². The second kappa shape index (κ2) is 4.07. The molecule has 15 heavy (non-hydrogen) atoms. The molecule has 0 radical (unpaired) electrons. The Bertz CT molecular complexity index is 382. The van der Waals surface area contributed by atoms with E-state index >= 15 is 0 Å². The lowest BCUT2D eigenvalue weighted by Crippen LogP contribution is -2.25. The fourth-order valence-electron chi connectivity index (χ4n) is 1.81. The molecule has 1 aliphatic rings. The molecule has 0 aliphatic carbocycles. The molecule has 0 aromatic heterocycles. The normalized spacial score (nSPS) is 19.5. The highest BCUT2D eigenvalue weighted by molar-refractivity contribution is 5.73. The second-order valence-corrected chi connectivity index (χ2v) is 4.22. The maximum Gasteiger partial charge on any atom is 0.127 e. The number of ether oxygens (including phenoxy) is 1. The number of para-hydroxylation sites is 1. The lowest BCUT2D eigenvalue weighted by atomic mass is 9.96. The Kier molecular flexibility index (Phi) is 2.78. The fraction of sp³-hybridized carbons (Fsp3) is 0.385. The van der Waals surface area contributed by atoms with Gasteiger partial charge in [0.2, 0.25) is 0 Å². The van der Waals surface area contributed by atoms with Crippen molar-refractivity contribution in [2.45, 2.75) is 20.0 Å². The largest absolute Gasteiger partial charge is 0.485 e. The zero-order valence-electron chi connectivity index (χ0n) is 9.23. The molecule has 0 saturated carbocycles. The summed E-state index contributed by atoms with van der Waals surface area (Å²) in [7, 11) is 0. The minimum Gasteiger partial charge on any atom is -0.485 e. The molecular formula is C13H17NO. The molecule has 0 saturated heterocycles. The number of hydrogen-bond donors (Lipinski definition) is 1. The van der Waals surface area contributed by atoms with Crippen LogP contribution in [-0.4, -0.2) is 12.6 Å². The standard InChI is InChI=1S/C13H17NO/c1-9(2)13-7-10(8-14)11-5-3-4-6-12(11)15-13/h3-7,9,13H,8,14H2,1-2H3. The van der Waals surface area contributed by atoms with E-state index < -0.39 is 0 Å². The van der Waals surface area contributed by atoms with Crippen LogP contribution in [0.2, 0.25) is 0 Å². The first kappa shape index (κ1) is 10.2. The lowest BCUT2D eigenvalue weighted by molar-refractivity contribution is 0.193. The molecule has 1 aliphatic heterocycles. The summed E-state index contributed by atoms with van der Waals surface area (Å²) in [5, 5.41) is 0. The molecule has 0 spiro atoms. The quantitative estimate of drug-likeness (QED) is 0.801. The molecule has 2 rings (SSSR count). The molecule has 0 fully saturated rings. The smallest absolute Gasteiger partial charge is 0.127 e. The molecule has 1 atom stereocenters. The molecule has 2 heteroatoms. The predicted octanol–water partition coefficient (Wildman–Crippen LogP) is 2.45. The molecule has 1 heterocycles. The zero-order chi connectivity index (χ0) is 10.8. The molecule has 0 amide bonds. The van der Waals surface area contributed by atoms with Gasteiger partial charge in [-0.1, -0.05) is 32.0 Å². The van der Waals surface area contributed by atoms with Crippen molar-refractivity contribution in [3.05, 3.63) is 35.9 Å². The number of hydrogen-bond acceptors (Lipinski definition) is 2. The van der Waals surface area contributed by atoms with Crippen molar-refractivity contribution in [1.29, 1.82) is 0 Å². The van der Waals surface area contributed by atoms with Crippen molar-refractivity contribution >= 4 is 5.57 Å². The van der Waals surface area contributed by atoms with Crippen molar-refractivity contribution in [3.63, 3.8) is 0 Å². The maximum absolute atomic E-state index is 5.89. The summed E-state index contributed by atoms with van der Waals surface area (Å²) in [4.78, 5) is 0. The summed E-state index contributed by atoms with van der Waals surface area (Å²) in [6, 6.07) is 8.08. The van der Waals surface area contributed by atoms with Gasteiger partial charge in [-0.2, -0.15) is 0 Å². The van der Waals surface area contributed by atoms with Crippen LogP contribution in [0.5, 0.6) is 5.75 Å². The van der Waals surface area contributed by atoms with Crippen LogP contribution < -0.4 is 10.5 Å². The van der Waals surface area contributed by atoms with Crippen LogP contribution in [0.3, 0.4) is 0 Å². The number of rotatable bonds is 2. The summed E-state index contributed by atoms with van der Waals surface area (Å²) in [6.45, 7) is 4.88. The summed E-state index contributed by atoms with van der Waals surface area (Å²) in [6.07, 6.45) is 2.30. The van der Waals surface area contributed by atoms with Gasteiger partial charge in [0, 0.05) is 12.1 Å². The summed E-state index contributed by atoms with van der Waals surface area (Å²) < 4.78 is 5.89. The third kappa shape index (κ3) is 1.90. The molecule has 80 valence electrons. The SMILES string of the molecule is CC(C)C1C=C(CN)c2ccccc2O1. The van der Waals surface area contributed by atoms with E-state index in [1.165, 1.54) is 5.57 Å². The Morgan fingerprint density at radius 1 is 1.33 bits per heavy atom. The van der Waals surface area contributed by atoms with Crippen LogP contribution in [0.15, 0.2) is 30.3 Å². The molecule has 0 bridgehead atoms. The Labute approximate surface area is 90.7 Å².